The van der Waals surface area contributed by atoms with E-state index in [9.17, 15) is 0 Å². The Morgan fingerprint density at radius 2 is 0.571 bits per heavy atom. The summed E-state index contributed by atoms with van der Waals surface area (Å²) in [6.07, 6.45) is 16.9. The van der Waals surface area contributed by atoms with Gasteiger partial charge in [0.05, 0.1) is 13.2 Å². The Bertz CT molecular complexity index is 2270. The smallest absolute Gasteiger partial charge is 0.161 e. The number of hydrogen-bond acceptors (Lipinski definition) is 8. The highest BCUT2D eigenvalue weighted by atomic mass is 16.6. The zero-order valence-corrected chi connectivity index (χ0v) is 41.8. The number of ether oxygens (including phenoxy) is 8. The van der Waals surface area contributed by atoms with Crippen LogP contribution in [0, 0.1) is 0 Å². The van der Waals surface area contributed by atoms with Gasteiger partial charge in [-0.2, -0.15) is 0 Å². The molecule has 370 valence electrons. The zero-order chi connectivity index (χ0) is 48.0. The highest BCUT2D eigenvalue weighted by Crippen LogP contribution is 2.39. The summed E-state index contributed by atoms with van der Waals surface area (Å²) in [6, 6.07) is 41.9. The number of fused-ring (bicyclic) bond motifs is 9. The van der Waals surface area contributed by atoms with Crippen molar-refractivity contribution in [2.45, 2.75) is 117 Å². The van der Waals surface area contributed by atoms with Crippen LogP contribution in [0.2, 0.25) is 0 Å². The van der Waals surface area contributed by atoms with Crippen molar-refractivity contribution in [3.63, 3.8) is 0 Å². The van der Waals surface area contributed by atoms with Crippen LogP contribution in [0.3, 0.4) is 0 Å². The van der Waals surface area contributed by atoms with Crippen molar-refractivity contribution in [1.29, 1.82) is 0 Å². The fourth-order valence-corrected chi connectivity index (χ4v) is 9.61. The van der Waals surface area contributed by atoms with Gasteiger partial charge in [0.2, 0.25) is 0 Å². The molecular formula is C62H74O8. The monoisotopic (exact) mass is 947 g/mol. The molecule has 0 fully saturated rings. The van der Waals surface area contributed by atoms with E-state index in [1.807, 2.05) is 48.5 Å². The molecule has 1 aliphatic carbocycles. The molecule has 0 amide bonds. The zero-order valence-electron chi connectivity index (χ0n) is 41.8. The third kappa shape index (κ3) is 14.2. The van der Waals surface area contributed by atoms with Gasteiger partial charge in [0, 0.05) is 25.7 Å². The first-order valence-electron chi connectivity index (χ1n) is 26.3. The lowest BCUT2D eigenvalue weighted by Crippen LogP contribution is -2.14. The Balaban J connectivity index is 1.21. The van der Waals surface area contributed by atoms with Gasteiger partial charge in [-0.3, -0.25) is 0 Å². The second-order valence-electron chi connectivity index (χ2n) is 18.5. The van der Waals surface area contributed by atoms with E-state index in [1.54, 1.807) is 0 Å². The second-order valence-corrected chi connectivity index (χ2v) is 18.5. The van der Waals surface area contributed by atoms with E-state index in [0.717, 1.165) is 93.2 Å². The normalized spacial score (nSPS) is 13.9. The van der Waals surface area contributed by atoms with Gasteiger partial charge in [0.15, 0.2) is 23.0 Å². The van der Waals surface area contributed by atoms with Crippen LogP contribution in [0.4, 0.5) is 0 Å². The topological polar surface area (TPSA) is 73.8 Å². The van der Waals surface area contributed by atoms with E-state index in [-0.39, 0.29) is 0 Å². The van der Waals surface area contributed by atoms with Crippen LogP contribution in [0.1, 0.15) is 135 Å². The molecule has 8 nitrogen and oxygen atoms in total. The molecule has 10 bridgehead atoms. The van der Waals surface area contributed by atoms with Gasteiger partial charge < -0.3 is 37.9 Å². The Kier molecular flexibility index (Phi) is 19.5. The van der Waals surface area contributed by atoms with Crippen molar-refractivity contribution in [1.82, 2.24) is 0 Å². The maximum absolute atomic E-state index is 6.95. The quantitative estimate of drug-likeness (QED) is 0.0887. The molecule has 0 spiro atoms. The Labute approximate surface area is 417 Å². The number of para-hydroxylation sites is 8. The van der Waals surface area contributed by atoms with Crippen molar-refractivity contribution in [3.8, 4) is 46.0 Å². The maximum atomic E-state index is 6.95. The fraction of sp³-hybridized carbons (Fsp3) is 0.419. The molecule has 6 aromatic rings. The summed E-state index contributed by atoms with van der Waals surface area (Å²) in [6.45, 7) is 7.79. The predicted octanol–water partition coefficient (Wildman–Crippen LogP) is 14.5. The van der Waals surface area contributed by atoms with Crippen molar-refractivity contribution in [2.24, 2.45) is 0 Å². The summed E-state index contributed by atoms with van der Waals surface area (Å²) >= 11 is 0. The van der Waals surface area contributed by atoms with E-state index in [0.29, 0.717) is 102 Å². The lowest BCUT2D eigenvalue weighted by atomic mass is 9.91. The fourth-order valence-electron chi connectivity index (χ4n) is 9.61. The van der Waals surface area contributed by atoms with E-state index in [2.05, 4.69) is 86.6 Å². The summed E-state index contributed by atoms with van der Waals surface area (Å²) < 4.78 is 53.0. The molecule has 0 atom stereocenters. The second kappa shape index (κ2) is 27.2. The lowest BCUT2D eigenvalue weighted by molar-refractivity contribution is 0.182. The van der Waals surface area contributed by atoms with Crippen LogP contribution < -0.4 is 37.9 Å². The van der Waals surface area contributed by atoms with Crippen molar-refractivity contribution in [2.75, 3.05) is 52.9 Å². The van der Waals surface area contributed by atoms with E-state index in [1.165, 1.54) is 51.4 Å². The van der Waals surface area contributed by atoms with Gasteiger partial charge in [-0.1, -0.05) is 175 Å². The highest BCUT2D eigenvalue weighted by molar-refractivity contribution is 5.56. The first-order chi connectivity index (χ1) is 34.7. The van der Waals surface area contributed by atoms with Crippen LogP contribution in [0.5, 0.6) is 46.0 Å². The maximum Gasteiger partial charge on any atom is 0.161 e. The molecule has 3 aliphatic rings. The van der Waals surface area contributed by atoms with Gasteiger partial charge in [0.25, 0.3) is 0 Å². The van der Waals surface area contributed by atoms with Gasteiger partial charge >= 0.3 is 0 Å². The average Bonchev–Trinajstić information content (AvgIpc) is 3.37. The third-order valence-electron chi connectivity index (χ3n) is 13.2. The summed E-state index contributed by atoms with van der Waals surface area (Å²) in [5, 5.41) is 0. The van der Waals surface area contributed by atoms with E-state index in [4.69, 9.17) is 37.9 Å². The molecular weight excluding hydrogens is 873 g/mol. The minimum Gasteiger partial charge on any atom is -0.493 e. The molecule has 0 saturated carbocycles. The third-order valence-corrected chi connectivity index (χ3v) is 13.2. The molecule has 6 aromatic carbocycles. The highest BCUT2D eigenvalue weighted by Gasteiger charge is 2.22. The van der Waals surface area contributed by atoms with Gasteiger partial charge in [-0.05, 0) is 81.6 Å². The van der Waals surface area contributed by atoms with E-state index < -0.39 is 0 Å². The van der Waals surface area contributed by atoms with Crippen LogP contribution >= 0.6 is 0 Å². The van der Waals surface area contributed by atoms with Crippen molar-refractivity contribution in [3.05, 3.63) is 166 Å². The lowest BCUT2D eigenvalue weighted by Gasteiger charge is -2.23. The van der Waals surface area contributed by atoms with Crippen molar-refractivity contribution >= 4 is 0 Å². The largest absolute Gasteiger partial charge is 0.493 e. The number of unbranched alkanes of at least 4 members (excludes halogenated alkanes) is 10. The Morgan fingerprint density at radius 1 is 0.300 bits per heavy atom. The molecule has 2 heterocycles. The molecule has 2 aliphatic heterocycles. The summed E-state index contributed by atoms with van der Waals surface area (Å²) in [4.78, 5) is 0. The first-order valence-corrected chi connectivity index (χ1v) is 26.3. The average molecular weight is 947 g/mol. The van der Waals surface area contributed by atoms with Crippen LogP contribution in [-0.4, -0.2) is 52.9 Å². The molecule has 9 rings (SSSR count). The van der Waals surface area contributed by atoms with Crippen LogP contribution in [0.25, 0.3) is 0 Å². The summed E-state index contributed by atoms with van der Waals surface area (Å²) in [5.74, 6) is 6.21. The summed E-state index contributed by atoms with van der Waals surface area (Å²) in [5.41, 5.74) is 8.89. The molecule has 0 unspecified atom stereocenters. The van der Waals surface area contributed by atoms with Gasteiger partial charge in [-0.15, -0.1) is 0 Å². The molecule has 0 saturated heterocycles. The first kappa shape index (κ1) is 50.1. The number of hydrogen-bond donors (Lipinski definition) is 0. The SMILES string of the molecule is CCCCCCCCOc1c2cccc1Cc1cccc3c1OCCOc1ccccc1OCCOc1ccccc1OCCOc1c(cccc1Cc1cccc(c1OCCCCCCCC)C3)C2. The van der Waals surface area contributed by atoms with Gasteiger partial charge in [-0.25, -0.2) is 0 Å². The molecule has 0 radical (unpaired) electrons. The standard InChI is InChI=1S/C62H74O8/c1-3-5-7-9-11-17-35-67-59-47-23-19-24-48(59)44-52-28-22-30-54-46-50-26-20-25-49(60(50)68-36-18-12-10-8-6-4-2)45-53-29-21-27-51(43-47)61(53)69-41-39-65-57-33-15-13-31-55(57)63-37-38-64-56-32-14-16-34-58(56)66-40-42-70-62(52)54/h13-16,19-34H,3-12,17-18,35-46H2,1-2H3. The minimum atomic E-state index is 0.321. The molecule has 0 aromatic heterocycles. The molecule has 0 N–H and O–H groups in total. The Hall–Kier alpha value is -6.28. The van der Waals surface area contributed by atoms with Crippen molar-refractivity contribution < 1.29 is 37.9 Å². The Morgan fingerprint density at radius 3 is 0.886 bits per heavy atom. The van der Waals surface area contributed by atoms with E-state index >= 15 is 0 Å². The minimum absolute atomic E-state index is 0.321. The summed E-state index contributed by atoms with van der Waals surface area (Å²) in [7, 11) is 0. The molecule has 8 heteroatoms. The molecule has 70 heavy (non-hydrogen) atoms. The van der Waals surface area contributed by atoms with Crippen LogP contribution in [-0.2, 0) is 25.7 Å². The van der Waals surface area contributed by atoms with Gasteiger partial charge in [0.1, 0.15) is 62.6 Å². The van der Waals surface area contributed by atoms with Crippen LogP contribution in [0.15, 0.2) is 121 Å². The number of rotatable bonds is 16. The number of benzene rings is 6. The predicted molar refractivity (Wildman–Crippen MR) is 281 cm³/mol.